The molecule has 0 fully saturated rings. The summed E-state index contributed by atoms with van der Waals surface area (Å²) in [5.74, 6) is 0.335. The highest BCUT2D eigenvalue weighted by molar-refractivity contribution is 7.80. The van der Waals surface area contributed by atoms with E-state index in [1.807, 2.05) is 0 Å². The van der Waals surface area contributed by atoms with Gasteiger partial charge in [0.05, 0.1) is 4.99 Å². The van der Waals surface area contributed by atoms with Crippen molar-refractivity contribution in [2.24, 2.45) is 11.7 Å². The number of rotatable bonds is 5. The van der Waals surface area contributed by atoms with E-state index in [2.05, 4.69) is 25.8 Å². The molecule has 66 valence electrons. The highest BCUT2D eigenvalue weighted by Gasteiger charge is 2.07. The Balaban J connectivity index is 3.56. The van der Waals surface area contributed by atoms with Crippen LogP contribution in [-0.2, 0) is 0 Å². The summed E-state index contributed by atoms with van der Waals surface area (Å²) in [5.41, 5.74) is 5.49. The molecule has 0 radical (unpaired) electrons. The van der Waals surface area contributed by atoms with Crippen LogP contribution in [0.4, 0.5) is 0 Å². The smallest absolute Gasteiger partial charge is 0.0768 e. The minimum Gasteiger partial charge on any atom is -0.393 e. The first-order chi connectivity index (χ1) is 5.07. The Hall–Kier alpha value is -0.150. The predicted octanol–water partition coefficient (Wildman–Crippen LogP) is 1.25. The Kier molecular flexibility index (Phi) is 5.42. The molecule has 3 heteroatoms. The zero-order chi connectivity index (χ0) is 8.85. The maximum Gasteiger partial charge on any atom is 0.0768 e. The van der Waals surface area contributed by atoms with Crippen molar-refractivity contribution in [2.45, 2.75) is 20.3 Å². The van der Waals surface area contributed by atoms with Gasteiger partial charge in [-0.2, -0.15) is 0 Å². The van der Waals surface area contributed by atoms with Crippen LogP contribution in [-0.4, -0.2) is 30.0 Å². The lowest BCUT2D eigenvalue weighted by Crippen LogP contribution is -2.31. The van der Waals surface area contributed by atoms with E-state index in [1.54, 1.807) is 0 Å². The number of hydrogen-bond acceptors (Lipinski definition) is 2. The van der Waals surface area contributed by atoms with Gasteiger partial charge >= 0.3 is 0 Å². The summed E-state index contributed by atoms with van der Waals surface area (Å²) in [6, 6.07) is 0. The van der Waals surface area contributed by atoms with Crippen molar-refractivity contribution in [3.8, 4) is 0 Å². The molecule has 0 aromatic rings. The van der Waals surface area contributed by atoms with Crippen LogP contribution < -0.4 is 5.73 Å². The number of thiocarbonyl (C=S) groups is 1. The Morgan fingerprint density at radius 3 is 2.55 bits per heavy atom. The summed E-state index contributed by atoms with van der Waals surface area (Å²) < 4.78 is 0. The third-order valence-corrected chi connectivity index (χ3v) is 2.08. The van der Waals surface area contributed by atoms with E-state index in [0.717, 1.165) is 13.1 Å². The molecule has 2 nitrogen and oxygen atoms in total. The molecule has 1 atom stereocenters. The minimum atomic E-state index is 0.335. The summed E-state index contributed by atoms with van der Waals surface area (Å²) >= 11 is 4.87. The first kappa shape index (κ1) is 10.8. The number of nitrogens with two attached hydrogens (primary N) is 1. The van der Waals surface area contributed by atoms with E-state index in [0.29, 0.717) is 10.9 Å². The second kappa shape index (κ2) is 5.49. The largest absolute Gasteiger partial charge is 0.393 e. The molecule has 0 heterocycles. The fourth-order valence-electron chi connectivity index (χ4n) is 1.03. The standard InChI is InChI=1S/C8H18N2S/c1-4-5-10(3)6-7(2)8(9)11/h7H,4-6H2,1-3H3,(H2,9,11). The fraction of sp³-hybridized carbons (Fsp3) is 0.875. The van der Waals surface area contributed by atoms with Crippen LogP contribution in [0.5, 0.6) is 0 Å². The monoisotopic (exact) mass is 174 g/mol. The molecule has 0 aliphatic carbocycles. The van der Waals surface area contributed by atoms with Crippen LogP contribution in [0.1, 0.15) is 20.3 Å². The van der Waals surface area contributed by atoms with Crippen LogP contribution >= 0.6 is 12.2 Å². The van der Waals surface area contributed by atoms with Gasteiger partial charge in [0.15, 0.2) is 0 Å². The zero-order valence-corrected chi connectivity index (χ0v) is 8.45. The third-order valence-electron chi connectivity index (χ3n) is 1.68. The molecule has 0 amide bonds. The Labute approximate surface area is 74.8 Å². The number of hydrogen-bond donors (Lipinski definition) is 1. The lowest BCUT2D eigenvalue weighted by Gasteiger charge is -2.19. The first-order valence-electron chi connectivity index (χ1n) is 4.05. The lowest BCUT2D eigenvalue weighted by molar-refractivity contribution is 0.316. The van der Waals surface area contributed by atoms with Gasteiger partial charge in [-0.1, -0.05) is 26.1 Å². The molecule has 0 aliphatic heterocycles. The van der Waals surface area contributed by atoms with Crippen molar-refractivity contribution in [2.75, 3.05) is 20.1 Å². The van der Waals surface area contributed by atoms with Crippen molar-refractivity contribution < 1.29 is 0 Å². The van der Waals surface area contributed by atoms with Gasteiger partial charge in [-0.3, -0.25) is 0 Å². The quantitative estimate of drug-likeness (QED) is 0.636. The van der Waals surface area contributed by atoms with Gasteiger partial charge in [0.25, 0.3) is 0 Å². The molecule has 0 aliphatic rings. The third kappa shape index (κ3) is 5.16. The normalized spacial score (nSPS) is 13.5. The van der Waals surface area contributed by atoms with Gasteiger partial charge in [0, 0.05) is 12.5 Å². The highest BCUT2D eigenvalue weighted by Crippen LogP contribution is 1.98. The predicted molar refractivity (Wildman–Crippen MR) is 53.7 cm³/mol. The number of nitrogens with zero attached hydrogens (tertiary/aromatic N) is 1. The van der Waals surface area contributed by atoms with Crippen LogP contribution in [0, 0.1) is 5.92 Å². The van der Waals surface area contributed by atoms with E-state index in [1.165, 1.54) is 6.42 Å². The Morgan fingerprint density at radius 2 is 2.18 bits per heavy atom. The maximum atomic E-state index is 5.49. The second-order valence-corrected chi connectivity index (χ2v) is 3.54. The van der Waals surface area contributed by atoms with Crippen molar-refractivity contribution in [1.82, 2.24) is 4.90 Å². The minimum absolute atomic E-state index is 0.335. The van der Waals surface area contributed by atoms with E-state index >= 15 is 0 Å². The van der Waals surface area contributed by atoms with Crippen LogP contribution in [0.3, 0.4) is 0 Å². The molecule has 1 unspecified atom stereocenters. The van der Waals surface area contributed by atoms with Gasteiger partial charge in [-0.05, 0) is 20.0 Å². The molecule has 11 heavy (non-hydrogen) atoms. The van der Waals surface area contributed by atoms with Crippen molar-refractivity contribution in [3.63, 3.8) is 0 Å². The molecule has 0 spiro atoms. The fourth-order valence-corrected chi connectivity index (χ4v) is 1.11. The van der Waals surface area contributed by atoms with Crippen molar-refractivity contribution in [1.29, 1.82) is 0 Å². The molecule has 0 aromatic heterocycles. The lowest BCUT2D eigenvalue weighted by atomic mass is 10.2. The van der Waals surface area contributed by atoms with E-state index in [-0.39, 0.29) is 0 Å². The van der Waals surface area contributed by atoms with Gasteiger partial charge < -0.3 is 10.6 Å². The maximum absolute atomic E-state index is 5.49. The molecule has 0 rings (SSSR count). The topological polar surface area (TPSA) is 29.3 Å². The molecule has 0 saturated carbocycles. The van der Waals surface area contributed by atoms with Crippen molar-refractivity contribution >= 4 is 17.2 Å². The first-order valence-corrected chi connectivity index (χ1v) is 4.46. The van der Waals surface area contributed by atoms with Crippen molar-refractivity contribution in [3.05, 3.63) is 0 Å². The summed E-state index contributed by atoms with van der Waals surface area (Å²) in [7, 11) is 2.10. The zero-order valence-electron chi connectivity index (χ0n) is 7.63. The van der Waals surface area contributed by atoms with E-state index < -0.39 is 0 Å². The Morgan fingerprint density at radius 1 is 1.64 bits per heavy atom. The molecule has 0 bridgehead atoms. The van der Waals surface area contributed by atoms with Crippen LogP contribution in [0.25, 0.3) is 0 Å². The average Bonchev–Trinajstić information content (AvgIpc) is 1.87. The summed E-state index contributed by atoms with van der Waals surface area (Å²) in [5, 5.41) is 0. The summed E-state index contributed by atoms with van der Waals surface area (Å²) in [6.07, 6.45) is 1.18. The van der Waals surface area contributed by atoms with Gasteiger partial charge in [-0.15, -0.1) is 0 Å². The van der Waals surface area contributed by atoms with Gasteiger partial charge in [-0.25, -0.2) is 0 Å². The molecular weight excluding hydrogens is 156 g/mol. The molecule has 0 aromatic carbocycles. The van der Waals surface area contributed by atoms with Gasteiger partial charge in [0.2, 0.25) is 0 Å². The highest BCUT2D eigenvalue weighted by atomic mass is 32.1. The van der Waals surface area contributed by atoms with E-state index in [4.69, 9.17) is 18.0 Å². The van der Waals surface area contributed by atoms with Gasteiger partial charge in [0.1, 0.15) is 0 Å². The van der Waals surface area contributed by atoms with Crippen LogP contribution in [0.15, 0.2) is 0 Å². The van der Waals surface area contributed by atoms with Crippen LogP contribution in [0.2, 0.25) is 0 Å². The molecule has 0 saturated heterocycles. The summed E-state index contributed by atoms with van der Waals surface area (Å²) in [4.78, 5) is 2.87. The average molecular weight is 174 g/mol. The molecular formula is C8H18N2S. The van der Waals surface area contributed by atoms with E-state index in [9.17, 15) is 0 Å². The second-order valence-electron chi connectivity index (χ2n) is 3.07. The SMILES string of the molecule is CCCN(C)CC(C)C(N)=S. The summed E-state index contributed by atoms with van der Waals surface area (Å²) in [6.45, 7) is 6.33. The Bertz CT molecular complexity index is 125. The molecule has 2 N–H and O–H groups in total.